The lowest BCUT2D eigenvalue weighted by Crippen LogP contribution is -2.17. The molecule has 0 saturated carbocycles. The molecule has 2 aromatic rings. The van der Waals surface area contributed by atoms with E-state index in [2.05, 4.69) is 11.2 Å². The molecule has 1 aliphatic rings. The zero-order valence-electron chi connectivity index (χ0n) is 12.7. The highest BCUT2D eigenvalue weighted by molar-refractivity contribution is 5.98. The summed E-state index contributed by atoms with van der Waals surface area (Å²) in [7, 11) is 1.88. The molecule has 0 saturated heterocycles. The van der Waals surface area contributed by atoms with Gasteiger partial charge in [-0.05, 0) is 37.8 Å². The molecule has 1 aromatic carbocycles. The molecule has 21 heavy (non-hydrogen) atoms. The summed E-state index contributed by atoms with van der Waals surface area (Å²) in [4.78, 5) is 12.7. The normalized spacial score (nSPS) is 17.2. The van der Waals surface area contributed by atoms with E-state index in [4.69, 9.17) is 4.74 Å². The summed E-state index contributed by atoms with van der Waals surface area (Å²) in [5.74, 6) is 1.34. The van der Waals surface area contributed by atoms with E-state index in [9.17, 15) is 4.79 Å². The first-order valence-electron chi connectivity index (χ1n) is 7.33. The Labute approximate surface area is 124 Å². The number of benzene rings is 1. The molecule has 1 unspecified atom stereocenters. The third-order valence-electron chi connectivity index (χ3n) is 4.30. The van der Waals surface area contributed by atoms with E-state index in [1.54, 1.807) is 4.68 Å². The van der Waals surface area contributed by atoms with Crippen molar-refractivity contribution in [2.45, 2.75) is 32.6 Å². The fraction of sp³-hybridized carbons (Fsp3) is 0.412. The maximum atomic E-state index is 12.7. The highest BCUT2D eigenvalue weighted by Gasteiger charge is 2.26. The predicted octanol–water partition coefficient (Wildman–Crippen LogP) is 3.18. The second-order valence-corrected chi connectivity index (χ2v) is 5.67. The van der Waals surface area contributed by atoms with Crippen molar-refractivity contribution in [2.24, 2.45) is 7.05 Å². The van der Waals surface area contributed by atoms with Gasteiger partial charge >= 0.3 is 0 Å². The van der Waals surface area contributed by atoms with Crippen LogP contribution in [0.2, 0.25) is 0 Å². The summed E-state index contributed by atoms with van der Waals surface area (Å²) in [5.41, 5.74) is 3.69. The monoisotopic (exact) mass is 284 g/mol. The first-order valence-corrected chi connectivity index (χ1v) is 7.33. The highest BCUT2D eigenvalue weighted by Crippen LogP contribution is 2.36. The SMILES string of the molecule is Cc1nn(C)c(C)c1C(=O)CC1CCOc2ccccc21. The molecular formula is C17H20N2O2. The Hall–Kier alpha value is -2.10. The van der Waals surface area contributed by atoms with Gasteiger partial charge in [-0.15, -0.1) is 0 Å². The smallest absolute Gasteiger partial charge is 0.167 e. The van der Waals surface area contributed by atoms with E-state index in [0.717, 1.165) is 34.7 Å². The molecule has 0 fully saturated rings. The average Bonchev–Trinajstić information content (AvgIpc) is 2.72. The van der Waals surface area contributed by atoms with Crippen LogP contribution in [0.1, 0.15) is 46.1 Å². The number of Topliss-reactive ketones (excluding diaryl/α,β-unsaturated/α-hetero) is 1. The summed E-state index contributed by atoms with van der Waals surface area (Å²) >= 11 is 0. The maximum absolute atomic E-state index is 12.7. The third-order valence-corrected chi connectivity index (χ3v) is 4.30. The Morgan fingerprint density at radius 3 is 2.86 bits per heavy atom. The number of carbonyl (C=O) groups excluding carboxylic acids is 1. The first kappa shape index (κ1) is 13.9. The zero-order chi connectivity index (χ0) is 15.0. The van der Waals surface area contributed by atoms with E-state index < -0.39 is 0 Å². The van der Waals surface area contributed by atoms with E-state index >= 15 is 0 Å². The fourth-order valence-electron chi connectivity index (χ4n) is 3.13. The lowest BCUT2D eigenvalue weighted by Gasteiger charge is -2.25. The van der Waals surface area contributed by atoms with Crippen molar-refractivity contribution >= 4 is 5.78 Å². The molecule has 4 nitrogen and oxygen atoms in total. The van der Waals surface area contributed by atoms with Crippen LogP contribution in [-0.4, -0.2) is 22.2 Å². The van der Waals surface area contributed by atoms with Gasteiger partial charge in [-0.25, -0.2) is 0 Å². The number of ether oxygens (including phenoxy) is 1. The maximum Gasteiger partial charge on any atom is 0.167 e. The van der Waals surface area contributed by atoms with Crippen molar-refractivity contribution in [1.29, 1.82) is 0 Å². The minimum absolute atomic E-state index is 0.180. The standard InChI is InChI=1S/C17H20N2O2/c1-11-17(12(2)19(3)18-11)15(20)10-13-8-9-21-16-7-5-4-6-14(13)16/h4-7,13H,8-10H2,1-3H3. The van der Waals surface area contributed by atoms with Crippen molar-refractivity contribution < 1.29 is 9.53 Å². The number of para-hydroxylation sites is 1. The average molecular weight is 284 g/mol. The van der Waals surface area contributed by atoms with Gasteiger partial charge in [0.1, 0.15) is 5.75 Å². The van der Waals surface area contributed by atoms with Gasteiger partial charge in [0.15, 0.2) is 5.78 Å². The van der Waals surface area contributed by atoms with Crippen LogP contribution in [0.25, 0.3) is 0 Å². The molecule has 0 radical (unpaired) electrons. The number of ketones is 1. The number of fused-ring (bicyclic) bond motifs is 1. The molecule has 1 aromatic heterocycles. The largest absolute Gasteiger partial charge is 0.493 e. The lowest BCUT2D eigenvalue weighted by molar-refractivity contribution is 0.0964. The van der Waals surface area contributed by atoms with Crippen molar-refractivity contribution in [3.8, 4) is 5.75 Å². The second-order valence-electron chi connectivity index (χ2n) is 5.67. The predicted molar refractivity (Wildman–Crippen MR) is 80.9 cm³/mol. The minimum Gasteiger partial charge on any atom is -0.493 e. The van der Waals surface area contributed by atoms with Gasteiger partial charge < -0.3 is 4.74 Å². The Morgan fingerprint density at radius 1 is 1.38 bits per heavy atom. The molecular weight excluding hydrogens is 264 g/mol. The lowest BCUT2D eigenvalue weighted by atomic mass is 9.87. The molecule has 0 amide bonds. The Balaban J connectivity index is 1.86. The fourth-order valence-corrected chi connectivity index (χ4v) is 3.13. The number of carbonyl (C=O) groups is 1. The van der Waals surface area contributed by atoms with E-state index in [1.807, 2.05) is 39.1 Å². The Morgan fingerprint density at radius 2 is 2.14 bits per heavy atom. The topological polar surface area (TPSA) is 44.1 Å². The second kappa shape index (κ2) is 5.35. The van der Waals surface area contributed by atoms with Crippen molar-refractivity contribution in [3.63, 3.8) is 0 Å². The van der Waals surface area contributed by atoms with Crippen LogP contribution in [-0.2, 0) is 7.05 Å². The molecule has 1 atom stereocenters. The van der Waals surface area contributed by atoms with Gasteiger partial charge in [0.25, 0.3) is 0 Å². The van der Waals surface area contributed by atoms with Crippen LogP contribution >= 0.6 is 0 Å². The van der Waals surface area contributed by atoms with Gasteiger partial charge in [-0.3, -0.25) is 9.48 Å². The van der Waals surface area contributed by atoms with Gasteiger partial charge in [-0.2, -0.15) is 5.10 Å². The van der Waals surface area contributed by atoms with Gasteiger partial charge in [0.2, 0.25) is 0 Å². The molecule has 110 valence electrons. The quantitative estimate of drug-likeness (QED) is 0.813. The molecule has 4 heteroatoms. The Bertz CT molecular complexity index is 688. The zero-order valence-corrected chi connectivity index (χ0v) is 12.7. The third kappa shape index (κ3) is 2.46. The minimum atomic E-state index is 0.180. The number of hydrogen-bond donors (Lipinski definition) is 0. The number of nitrogens with zero attached hydrogens (tertiary/aromatic N) is 2. The van der Waals surface area contributed by atoms with Crippen LogP contribution in [0.15, 0.2) is 24.3 Å². The summed E-state index contributed by atoms with van der Waals surface area (Å²) in [6.07, 6.45) is 1.41. The number of hydrogen-bond acceptors (Lipinski definition) is 3. The highest BCUT2D eigenvalue weighted by atomic mass is 16.5. The van der Waals surface area contributed by atoms with E-state index in [0.29, 0.717) is 13.0 Å². The number of aryl methyl sites for hydroxylation is 2. The van der Waals surface area contributed by atoms with E-state index in [-0.39, 0.29) is 11.7 Å². The summed E-state index contributed by atoms with van der Waals surface area (Å²) in [6.45, 7) is 4.53. The van der Waals surface area contributed by atoms with Crippen LogP contribution in [0.5, 0.6) is 5.75 Å². The van der Waals surface area contributed by atoms with Gasteiger partial charge in [0.05, 0.1) is 17.9 Å². The molecule has 0 aliphatic carbocycles. The van der Waals surface area contributed by atoms with Crippen molar-refractivity contribution in [1.82, 2.24) is 9.78 Å². The first-order chi connectivity index (χ1) is 10.1. The molecule has 0 spiro atoms. The van der Waals surface area contributed by atoms with Crippen molar-refractivity contribution in [3.05, 3.63) is 46.8 Å². The number of rotatable bonds is 3. The summed E-state index contributed by atoms with van der Waals surface area (Å²) < 4.78 is 7.44. The molecule has 0 N–H and O–H groups in total. The van der Waals surface area contributed by atoms with Gasteiger partial charge in [0, 0.05) is 19.2 Å². The molecule has 2 heterocycles. The summed E-state index contributed by atoms with van der Waals surface area (Å²) in [5, 5.41) is 4.34. The van der Waals surface area contributed by atoms with Crippen molar-refractivity contribution in [2.75, 3.05) is 6.61 Å². The number of aromatic nitrogens is 2. The van der Waals surface area contributed by atoms with Crippen LogP contribution < -0.4 is 4.74 Å². The van der Waals surface area contributed by atoms with Crippen LogP contribution in [0.4, 0.5) is 0 Å². The van der Waals surface area contributed by atoms with Gasteiger partial charge in [-0.1, -0.05) is 18.2 Å². The molecule has 0 bridgehead atoms. The molecule has 3 rings (SSSR count). The van der Waals surface area contributed by atoms with Crippen LogP contribution in [0, 0.1) is 13.8 Å². The molecule has 1 aliphatic heterocycles. The summed E-state index contributed by atoms with van der Waals surface area (Å²) in [6, 6.07) is 8.02. The van der Waals surface area contributed by atoms with E-state index in [1.165, 1.54) is 0 Å². The van der Waals surface area contributed by atoms with Crippen LogP contribution in [0.3, 0.4) is 0 Å². The Kier molecular flexibility index (Phi) is 3.53.